The number of fused-ring (bicyclic) bond motifs is 5. The number of phenols is 1. The molecule has 7 rings (SSSR count). The summed E-state index contributed by atoms with van der Waals surface area (Å²) < 4.78 is 0. The molecule has 0 bridgehead atoms. The van der Waals surface area contributed by atoms with E-state index >= 15 is 0 Å². The molecule has 1 heterocycles. The summed E-state index contributed by atoms with van der Waals surface area (Å²) in [5.41, 5.74) is 5.43. The minimum atomic E-state index is -0.0883. The SMILES string of the molecule is CCC(=O)N(c1ccccc1)C1CCN(CCc2ccccc2)CC1.C[C@]12CC[C@@H]3c4ccc(O)cc4CC[C@H]3[C@@H]1CC[C@@H]2O. The van der Waals surface area contributed by atoms with E-state index in [1.54, 1.807) is 0 Å². The van der Waals surface area contributed by atoms with Crippen LogP contribution in [0, 0.1) is 17.3 Å². The highest BCUT2D eigenvalue weighted by Gasteiger charge is 2.54. The molecule has 4 aliphatic rings. The Bertz CT molecular complexity index is 1400. The molecular weight excluding hydrogens is 556 g/mol. The molecule has 1 aliphatic heterocycles. The number of aliphatic hydroxyl groups excluding tert-OH is 1. The summed E-state index contributed by atoms with van der Waals surface area (Å²) in [6, 6.07) is 27.1. The molecule has 3 aliphatic carbocycles. The Morgan fingerprint density at radius 3 is 2.33 bits per heavy atom. The summed E-state index contributed by atoms with van der Waals surface area (Å²) in [5, 5.41) is 20.0. The van der Waals surface area contributed by atoms with Crippen molar-refractivity contribution >= 4 is 11.6 Å². The lowest BCUT2D eigenvalue weighted by molar-refractivity contribution is -0.119. The van der Waals surface area contributed by atoms with Crippen molar-refractivity contribution in [1.29, 1.82) is 0 Å². The van der Waals surface area contributed by atoms with Gasteiger partial charge in [0, 0.05) is 37.8 Å². The number of carbonyl (C=O) groups excluding carboxylic acids is 1. The van der Waals surface area contributed by atoms with Gasteiger partial charge in [-0.25, -0.2) is 0 Å². The van der Waals surface area contributed by atoms with Gasteiger partial charge in [-0.3, -0.25) is 4.79 Å². The van der Waals surface area contributed by atoms with Crippen molar-refractivity contribution in [2.24, 2.45) is 17.3 Å². The first-order valence-corrected chi connectivity index (χ1v) is 17.5. The van der Waals surface area contributed by atoms with Crippen LogP contribution in [0.25, 0.3) is 0 Å². The molecule has 5 nitrogen and oxygen atoms in total. The molecule has 5 atom stereocenters. The summed E-state index contributed by atoms with van der Waals surface area (Å²) >= 11 is 0. The molecule has 1 amide bonds. The third-order valence-corrected chi connectivity index (χ3v) is 11.7. The van der Waals surface area contributed by atoms with E-state index in [-0.39, 0.29) is 17.4 Å². The number of benzene rings is 3. The fourth-order valence-electron chi connectivity index (χ4n) is 9.19. The number of aliphatic hydroxyl groups is 1. The third-order valence-electron chi connectivity index (χ3n) is 11.7. The molecule has 5 heteroatoms. The molecule has 2 saturated carbocycles. The molecule has 2 N–H and O–H groups in total. The third kappa shape index (κ3) is 6.85. The number of hydrogen-bond donors (Lipinski definition) is 2. The average molecular weight is 609 g/mol. The molecule has 3 fully saturated rings. The maximum absolute atomic E-state index is 12.5. The summed E-state index contributed by atoms with van der Waals surface area (Å²) in [5.74, 6) is 2.72. The number of hydrogen-bond acceptors (Lipinski definition) is 4. The molecule has 240 valence electrons. The van der Waals surface area contributed by atoms with Crippen molar-refractivity contribution in [3.63, 3.8) is 0 Å². The van der Waals surface area contributed by atoms with Gasteiger partial charge in [-0.2, -0.15) is 0 Å². The Balaban J connectivity index is 0.000000162. The molecule has 0 aromatic heterocycles. The van der Waals surface area contributed by atoms with Crippen LogP contribution in [0.1, 0.15) is 87.8 Å². The fourth-order valence-corrected chi connectivity index (χ4v) is 9.19. The second-order valence-corrected chi connectivity index (χ2v) is 14.2. The number of nitrogens with zero attached hydrogens (tertiary/aromatic N) is 2. The summed E-state index contributed by atoms with van der Waals surface area (Å²) in [4.78, 5) is 17.1. The van der Waals surface area contributed by atoms with E-state index in [0.29, 0.717) is 30.0 Å². The van der Waals surface area contributed by atoms with E-state index in [1.807, 2.05) is 42.2 Å². The number of piperidine rings is 1. The van der Waals surface area contributed by atoms with Crippen LogP contribution in [-0.4, -0.2) is 52.8 Å². The van der Waals surface area contributed by atoms with Crippen molar-refractivity contribution in [3.8, 4) is 5.75 Å². The first-order valence-electron chi connectivity index (χ1n) is 17.5. The van der Waals surface area contributed by atoms with Crippen LogP contribution in [0.2, 0.25) is 0 Å². The molecule has 45 heavy (non-hydrogen) atoms. The Kier molecular flexibility index (Phi) is 9.96. The van der Waals surface area contributed by atoms with Crippen LogP contribution in [-0.2, 0) is 17.6 Å². The van der Waals surface area contributed by atoms with E-state index in [4.69, 9.17) is 0 Å². The number of aryl methyl sites for hydroxylation is 1. The van der Waals surface area contributed by atoms with Crippen LogP contribution in [0.15, 0.2) is 78.9 Å². The summed E-state index contributed by atoms with van der Waals surface area (Å²) in [6.45, 7) is 7.50. The van der Waals surface area contributed by atoms with Crippen molar-refractivity contribution in [3.05, 3.63) is 95.6 Å². The number of aromatic hydroxyl groups is 1. The number of para-hydroxylation sites is 1. The number of anilines is 1. The Hall–Kier alpha value is -3.15. The van der Waals surface area contributed by atoms with E-state index in [2.05, 4.69) is 60.4 Å². The highest BCUT2D eigenvalue weighted by atomic mass is 16.3. The van der Waals surface area contributed by atoms with Crippen LogP contribution in [0.4, 0.5) is 5.69 Å². The first-order chi connectivity index (χ1) is 21.9. The van der Waals surface area contributed by atoms with E-state index in [0.717, 1.165) is 69.8 Å². The second kappa shape index (κ2) is 14.1. The minimum absolute atomic E-state index is 0.0883. The largest absolute Gasteiger partial charge is 0.508 e. The fraction of sp³-hybridized carbons (Fsp3) is 0.525. The predicted octanol–water partition coefficient (Wildman–Crippen LogP) is 7.75. The predicted molar refractivity (Wildman–Crippen MR) is 183 cm³/mol. The van der Waals surface area contributed by atoms with Gasteiger partial charge in [0.05, 0.1) is 6.10 Å². The highest BCUT2D eigenvalue weighted by Crippen LogP contribution is 2.60. The lowest BCUT2D eigenvalue weighted by Crippen LogP contribution is -2.47. The quantitative estimate of drug-likeness (QED) is 0.300. The van der Waals surface area contributed by atoms with E-state index in [1.165, 1.54) is 36.0 Å². The van der Waals surface area contributed by atoms with Crippen LogP contribution < -0.4 is 4.90 Å². The normalized spacial score (nSPS) is 27.8. The van der Waals surface area contributed by atoms with Gasteiger partial charge in [0.1, 0.15) is 5.75 Å². The van der Waals surface area contributed by atoms with Gasteiger partial charge >= 0.3 is 0 Å². The Labute approximate surface area is 270 Å². The molecule has 3 aromatic rings. The van der Waals surface area contributed by atoms with Crippen LogP contribution in [0.3, 0.4) is 0 Å². The molecule has 0 radical (unpaired) electrons. The maximum Gasteiger partial charge on any atom is 0.226 e. The van der Waals surface area contributed by atoms with Crippen LogP contribution >= 0.6 is 0 Å². The molecular formula is C40H52N2O3. The number of amides is 1. The van der Waals surface area contributed by atoms with E-state index in [9.17, 15) is 15.0 Å². The van der Waals surface area contributed by atoms with Gasteiger partial charge in [-0.05, 0) is 122 Å². The molecule has 1 saturated heterocycles. The zero-order valence-electron chi connectivity index (χ0n) is 27.3. The maximum atomic E-state index is 12.5. The number of rotatable bonds is 6. The van der Waals surface area contributed by atoms with Crippen molar-refractivity contribution < 1.29 is 15.0 Å². The zero-order chi connectivity index (χ0) is 31.4. The van der Waals surface area contributed by atoms with Gasteiger partial charge in [-0.15, -0.1) is 0 Å². The van der Waals surface area contributed by atoms with E-state index < -0.39 is 0 Å². The number of likely N-dealkylation sites (tertiary alicyclic amines) is 1. The Morgan fingerprint density at radius 2 is 1.62 bits per heavy atom. The van der Waals surface area contributed by atoms with Gasteiger partial charge in [0.15, 0.2) is 0 Å². The van der Waals surface area contributed by atoms with Gasteiger partial charge < -0.3 is 20.0 Å². The highest BCUT2D eigenvalue weighted by molar-refractivity contribution is 5.93. The molecule has 3 aromatic carbocycles. The monoisotopic (exact) mass is 608 g/mol. The topological polar surface area (TPSA) is 64.0 Å². The smallest absolute Gasteiger partial charge is 0.226 e. The summed E-state index contributed by atoms with van der Waals surface area (Å²) in [7, 11) is 0. The Morgan fingerprint density at radius 1 is 0.911 bits per heavy atom. The van der Waals surface area contributed by atoms with Crippen LogP contribution in [0.5, 0.6) is 5.75 Å². The lowest BCUT2D eigenvalue weighted by atomic mass is 9.55. The molecule has 0 unspecified atom stereocenters. The van der Waals surface area contributed by atoms with Crippen molar-refractivity contribution in [1.82, 2.24) is 4.90 Å². The zero-order valence-corrected chi connectivity index (χ0v) is 27.3. The van der Waals surface area contributed by atoms with Crippen molar-refractivity contribution in [2.45, 2.75) is 96.1 Å². The standard InChI is InChI=1S/C22H28N2O.C18H24O2/c1-2-22(25)24(20-11-7-4-8-12-20)21-14-17-23(18-15-21)16-13-19-9-5-3-6-10-19;1-18-9-8-14-13-5-3-12(19)10-11(13)2-4-15(14)16(18)6-7-17(18)20/h3-12,21H,2,13-18H2,1H3;3,5,10,14-17,19-20H,2,4,6-9H2,1H3/t;14-,15-,16+,17+,18+/m.1/s1. The number of carbonyl (C=O) groups is 1. The first kappa shape index (κ1) is 31.8. The van der Waals surface area contributed by atoms with Crippen molar-refractivity contribution in [2.75, 3.05) is 24.5 Å². The summed E-state index contributed by atoms with van der Waals surface area (Å²) in [6.07, 6.45) is 10.5. The number of phenolic OH excluding ortho intramolecular Hbond substituents is 1. The average Bonchev–Trinajstić information content (AvgIpc) is 3.39. The molecule has 0 spiro atoms. The second-order valence-electron chi connectivity index (χ2n) is 14.2. The lowest BCUT2D eigenvalue weighted by Gasteiger charge is -2.50. The van der Waals surface area contributed by atoms with Gasteiger partial charge in [0.2, 0.25) is 5.91 Å². The van der Waals surface area contributed by atoms with Gasteiger partial charge in [0.25, 0.3) is 0 Å². The van der Waals surface area contributed by atoms with Gasteiger partial charge in [-0.1, -0.05) is 68.4 Å². The minimum Gasteiger partial charge on any atom is -0.508 e.